The van der Waals surface area contributed by atoms with Crippen LogP contribution in [0.5, 0.6) is 0 Å². The maximum Gasteiger partial charge on any atom is 0.224 e. The van der Waals surface area contributed by atoms with Crippen molar-refractivity contribution in [3.05, 3.63) is 58.1 Å². The maximum atomic E-state index is 12.0. The van der Waals surface area contributed by atoms with Gasteiger partial charge in [0.15, 0.2) is 0 Å². The largest absolute Gasteiger partial charge is 0.399 e. The van der Waals surface area contributed by atoms with Crippen LogP contribution in [0.4, 0.5) is 11.4 Å². The molecule has 0 unspecified atom stereocenters. The smallest absolute Gasteiger partial charge is 0.224 e. The normalized spacial score (nSPS) is 9.90. The number of nitrogens with zero attached hydrogens (tertiary/aromatic N) is 1. The molecule has 0 saturated carbocycles. The van der Waals surface area contributed by atoms with Crippen LogP contribution in [0.25, 0.3) is 0 Å². The van der Waals surface area contributed by atoms with Crippen LogP contribution in [-0.2, 0) is 11.2 Å². The zero-order valence-corrected chi connectivity index (χ0v) is 12.9. The van der Waals surface area contributed by atoms with Gasteiger partial charge in [0.1, 0.15) is 6.07 Å². The molecule has 0 heterocycles. The van der Waals surface area contributed by atoms with Gasteiger partial charge in [-0.25, -0.2) is 0 Å². The molecule has 106 valence electrons. The number of hydrogen-bond donors (Lipinski definition) is 2. The van der Waals surface area contributed by atoms with Crippen molar-refractivity contribution in [2.24, 2.45) is 0 Å². The second-order valence-corrected chi connectivity index (χ2v) is 5.51. The minimum absolute atomic E-state index is 0.124. The molecule has 0 saturated heterocycles. The van der Waals surface area contributed by atoms with Gasteiger partial charge in [0, 0.05) is 16.6 Å². The lowest BCUT2D eigenvalue weighted by atomic mass is 10.1. The highest BCUT2D eigenvalue weighted by Gasteiger charge is 2.08. The minimum Gasteiger partial charge on any atom is -0.399 e. The fourth-order valence-electron chi connectivity index (χ4n) is 1.87. The number of nitrogens with two attached hydrogens (primary N) is 1. The van der Waals surface area contributed by atoms with Gasteiger partial charge in [0.2, 0.25) is 5.91 Å². The van der Waals surface area contributed by atoms with E-state index in [2.05, 4.69) is 27.3 Å². The molecule has 2 aromatic carbocycles. The van der Waals surface area contributed by atoms with Gasteiger partial charge in [-0.1, -0.05) is 28.1 Å². The summed E-state index contributed by atoms with van der Waals surface area (Å²) in [4.78, 5) is 12.0. The first-order valence-corrected chi connectivity index (χ1v) is 7.21. The third-order valence-electron chi connectivity index (χ3n) is 3.00. The quantitative estimate of drug-likeness (QED) is 0.834. The SMILES string of the molecule is N#Cc1ccc(Br)cc1NC(=O)CCc1ccc(N)cc1. The first-order valence-electron chi connectivity index (χ1n) is 6.42. The number of nitrogen functional groups attached to an aromatic ring is 1. The number of hydrogen-bond acceptors (Lipinski definition) is 3. The third kappa shape index (κ3) is 4.33. The molecule has 0 atom stereocenters. The van der Waals surface area contributed by atoms with E-state index in [4.69, 9.17) is 11.0 Å². The average Bonchev–Trinajstić information content (AvgIpc) is 2.47. The molecule has 0 aliphatic rings. The number of carbonyl (C=O) groups is 1. The fraction of sp³-hybridized carbons (Fsp3) is 0.125. The molecule has 0 bridgehead atoms. The molecule has 0 aromatic heterocycles. The second kappa shape index (κ2) is 6.91. The van der Waals surface area contributed by atoms with Crippen LogP contribution in [0, 0.1) is 11.3 Å². The Bertz CT molecular complexity index is 690. The van der Waals surface area contributed by atoms with E-state index in [1.54, 1.807) is 18.2 Å². The zero-order valence-electron chi connectivity index (χ0n) is 11.3. The Kier molecular flexibility index (Phi) is 4.96. The van der Waals surface area contributed by atoms with Crippen LogP contribution >= 0.6 is 15.9 Å². The van der Waals surface area contributed by atoms with Gasteiger partial charge in [0.05, 0.1) is 11.3 Å². The van der Waals surface area contributed by atoms with Gasteiger partial charge < -0.3 is 11.1 Å². The van der Waals surface area contributed by atoms with E-state index in [1.807, 2.05) is 24.3 Å². The van der Waals surface area contributed by atoms with Crippen molar-refractivity contribution >= 4 is 33.2 Å². The molecule has 2 aromatic rings. The lowest BCUT2D eigenvalue weighted by Crippen LogP contribution is -2.13. The van der Waals surface area contributed by atoms with Crippen molar-refractivity contribution < 1.29 is 4.79 Å². The number of nitriles is 1. The predicted molar refractivity (Wildman–Crippen MR) is 86.7 cm³/mol. The first-order chi connectivity index (χ1) is 10.1. The molecule has 1 amide bonds. The van der Waals surface area contributed by atoms with Gasteiger partial charge in [-0.05, 0) is 42.3 Å². The third-order valence-corrected chi connectivity index (χ3v) is 3.49. The summed E-state index contributed by atoms with van der Waals surface area (Å²) in [5.74, 6) is -0.124. The molecule has 5 heteroatoms. The highest BCUT2D eigenvalue weighted by atomic mass is 79.9. The van der Waals surface area contributed by atoms with Gasteiger partial charge in [-0.15, -0.1) is 0 Å². The lowest BCUT2D eigenvalue weighted by molar-refractivity contribution is -0.116. The molecule has 21 heavy (non-hydrogen) atoms. The van der Waals surface area contributed by atoms with Gasteiger partial charge in [-0.2, -0.15) is 5.26 Å². The Hall–Kier alpha value is -2.32. The predicted octanol–water partition coefficient (Wildman–Crippen LogP) is 3.47. The van der Waals surface area contributed by atoms with Crippen LogP contribution in [0.3, 0.4) is 0 Å². The summed E-state index contributed by atoms with van der Waals surface area (Å²) >= 11 is 3.33. The molecule has 4 nitrogen and oxygen atoms in total. The van der Waals surface area contributed by atoms with E-state index in [1.165, 1.54) is 0 Å². The van der Waals surface area contributed by atoms with Gasteiger partial charge >= 0.3 is 0 Å². The average molecular weight is 344 g/mol. The second-order valence-electron chi connectivity index (χ2n) is 4.59. The molecule has 0 radical (unpaired) electrons. The van der Waals surface area contributed by atoms with Crippen LogP contribution in [-0.4, -0.2) is 5.91 Å². The zero-order chi connectivity index (χ0) is 15.2. The van der Waals surface area contributed by atoms with Gasteiger partial charge in [0.25, 0.3) is 0 Å². The van der Waals surface area contributed by atoms with E-state index in [-0.39, 0.29) is 5.91 Å². The Balaban J connectivity index is 1.97. The number of anilines is 2. The number of aryl methyl sites for hydroxylation is 1. The summed E-state index contributed by atoms with van der Waals surface area (Å²) < 4.78 is 0.815. The highest BCUT2D eigenvalue weighted by Crippen LogP contribution is 2.21. The Morgan fingerprint density at radius 3 is 2.62 bits per heavy atom. The van der Waals surface area contributed by atoms with E-state index >= 15 is 0 Å². The van der Waals surface area contributed by atoms with Crippen molar-refractivity contribution in [3.63, 3.8) is 0 Å². The van der Waals surface area contributed by atoms with E-state index in [9.17, 15) is 4.79 Å². The van der Waals surface area contributed by atoms with Gasteiger partial charge in [-0.3, -0.25) is 4.79 Å². The topological polar surface area (TPSA) is 78.9 Å². The monoisotopic (exact) mass is 343 g/mol. The maximum absolute atomic E-state index is 12.0. The van der Waals surface area contributed by atoms with Crippen molar-refractivity contribution in [2.75, 3.05) is 11.1 Å². The first kappa shape index (κ1) is 15.1. The summed E-state index contributed by atoms with van der Waals surface area (Å²) in [5, 5.41) is 11.8. The summed E-state index contributed by atoms with van der Waals surface area (Å²) in [5.41, 5.74) is 8.34. The Morgan fingerprint density at radius 1 is 1.24 bits per heavy atom. The lowest BCUT2D eigenvalue weighted by Gasteiger charge is -2.08. The van der Waals surface area contributed by atoms with Crippen molar-refractivity contribution in [1.29, 1.82) is 5.26 Å². The number of nitrogens with one attached hydrogen (secondary N) is 1. The number of carbonyl (C=O) groups excluding carboxylic acids is 1. The van der Waals surface area contributed by atoms with Crippen molar-refractivity contribution in [3.8, 4) is 6.07 Å². The van der Waals surface area contributed by atoms with Crippen LogP contribution < -0.4 is 11.1 Å². The summed E-state index contributed by atoms with van der Waals surface area (Å²) in [6.45, 7) is 0. The molecule has 2 rings (SSSR count). The molecule has 3 N–H and O–H groups in total. The minimum atomic E-state index is -0.124. The molecule has 0 fully saturated rings. The molecular weight excluding hydrogens is 330 g/mol. The van der Waals surface area contributed by atoms with Crippen molar-refractivity contribution in [1.82, 2.24) is 0 Å². The van der Waals surface area contributed by atoms with E-state index in [0.717, 1.165) is 10.0 Å². The number of amides is 1. The Morgan fingerprint density at radius 2 is 1.95 bits per heavy atom. The summed E-state index contributed by atoms with van der Waals surface area (Å²) in [6, 6.07) is 14.7. The highest BCUT2D eigenvalue weighted by molar-refractivity contribution is 9.10. The van der Waals surface area contributed by atoms with E-state index < -0.39 is 0 Å². The van der Waals surface area contributed by atoms with Crippen LogP contribution in [0.15, 0.2) is 46.9 Å². The fourth-order valence-corrected chi connectivity index (χ4v) is 2.23. The molecule has 0 aliphatic carbocycles. The van der Waals surface area contributed by atoms with Crippen molar-refractivity contribution in [2.45, 2.75) is 12.8 Å². The van der Waals surface area contributed by atoms with Crippen LogP contribution in [0.1, 0.15) is 17.5 Å². The number of halogens is 1. The Labute approximate surface area is 131 Å². The summed E-state index contributed by atoms with van der Waals surface area (Å²) in [6.07, 6.45) is 0.975. The summed E-state index contributed by atoms with van der Waals surface area (Å²) in [7, 11) is 0. The molecule has 0 spiro atoms. The van der Waals surface area contributed by atoms with Crippen LogP contribution in [0.2, 0.25) is 0 Å². The molecular formula is C16H14BrN3O. The van der Waals surface area contributed by atoms with E-state index in [0.29, 0.717) is 29.8 Å². The standard InChI is InChI=1S/C16H14BrN3O/c17-13-5-4-12(10-18)15(9-13)20-16(21)8-3-11-1-6-14(19)7-2-11/h1-2,4-7,9H,3,8,19H2,(H,20,21). The molecule has 0 aliphatic heterocycles. The number of benzene rings is 2. The number of rotatable bonds is 4.